The fourth-order valence-electron chi connectivity index (χ4n) is 2.18. The lowest BCUT2D eigenvalue weighted by molar-refractivity contribution is -0.117. The molecule has 0 aliphatic rings. The molecule has 0 radical (unpaired) electrons. The third-order valence-corrected chi connectivity index (χ3v) is 4.56. The van der Waals surface area contributed by atoms with Crippen LogP contribution in [0.15, 0.2) is 29.4 Å². The zero-order valence-corrected chi connectivity index (χ0v) is 16.9. The van der Waals surface area contributed by atoms with E-state index < -0.39 is 11.9 Å². The van der Waals surface area contributed by atoms with E-state index in [0.29, 0.717) is 29.2 Å². The van der Waals surface area contributed by atoms with Crippen LogP contribution in [0.3, 0.4) is 0 Å². The summed E-state index contributed by atoms with van der Waals surface area (Å²) in [6.07, 6.45) is 0. The Morgan fingerprint density at radius 3 is 2.59 bits per heavy atom. The van der Waals surface area contributed by atoms with Crippen molar-refractivity contribution >= 4 is 35.3 Å². The second kappa shape index (κ2) is 10.3. The van der Waals surface area contributed by atoms with Crippen LogP contribution in [0.2, 0.25) is 5.02 Å². The van der Waals surface area contributed by atoms with Crippen LogP contribution in [0.5, 0.6) is 0 Å². The Morgan fingerprint density at radius 2 is 1.96 bits per heavy atom. The van der Waals surface area contributed by atoms with Gasteiger partial charge in [-0.1, -0.05) is 23.4 Å². The zero-order valence-electron chi connectivity index (χ0n) is 15.4. The topological polar surface area (TPSA) is 98.1 Å². The molecule has 0 saturated carbocycles. The van der Waals surface area contributed by atoms with Crippen LogP contribution in [0.4, 0.5) is 4.79 Å². The van der Waals surface area contributed by atoms with Gasteiger partial charge in [-0.3, -0.25) is 14.7 Å². The summed E-state index contributed by atoms with van der Waals surface area (Å²) in [5, 5.41) is 14.5. The Morgan fingerprint density at radius 1 is 1.26 bits per heavy atom. The van der Waals surface area contributed by atoms with E-state index >= 15 is 0 Å². The normalized spacial score (nSPS) is 10.9. The van der Waals surface area contributed by atoms with Gasteiger partial charge in [0.25, 0.3) is 0 Å². The average Bonchev–Trinajstić information content (AvgIpc) is 3.00. The summed E-state index contributed by atoms with van der Waals surface area (Å²) in [7, 11) is 1.61. The molecule has 2 N–H and O–H groups in total. The number of nitrogens with one attached hydrogen (secondary N) is 2. The van der Waals surface area contributed by atoms with Gasteiger partial charge in [0.05, 0.1) is 18.9 Å². The SMILES string of the molecule is COCCn1c(SCC(=O)NC(=O)NC(C)C)nnc1-c1ccc(Cl)cc1. The summed E-state index contributed by atoms with van der Waals surface area (Å²) in [5.41, 5.74) is 0.857. The Balaban J connectivity index is 2.08. The van der Waals surface area contributed by atoms with Crippen LogP contribution in [0.25, 0.3) is 11.4 Å². The lowest BCUT2D eigenvalue weighted by atomic mass is 10.2. The first-order valence-corrected chi connectivity index (χ1v) is 9.68. The van der Waals surface area contributed by atoms with E-state index in [1.807, 2.05) is 30.5 Å². The third-order valence-electron chi connectivity index (χ3n) is 3.34. The number of benzene rings is 1. The standard InChI is InChI=1S/C17H22ClN5O3S/c1-11(2)19-16(25)20-14(24)10-27-17-22-21-15(23(17)8-9-26-3)12-4-6-13(18)7-5-12/h4-7,11H,8-10H2,1-3H3,(H2,19,20,24,25). The summed E-state index contributed by atoms with van der Waals surface area (Å²) >= 11 is 7.14. The van der Waals surface area contributed by atoms with Gasteiger partial charge in [-0.15, -0.1) is 10.2 Å². The van der Waals surface area contributed by atoms with Crippen LogP contribution in [-0.2, 0) is 16.1 Å². The van der Waals surface area contributed by atoms with Gasteiger partial charge in [-0.2, -0.15) is 0 Å². The summed E-state index contributed by atoms with van der Waals surface area (Å²) in [6, 6.07) is 6.70. The van der Waals surface area contributed by atoms with Gasteiger partial charge in [-0.25, -0.2) is 4.79 Å². The van der Waals surface area contributed by atoms with Crippen LogP contribution >= 0.6 is 23.4 Å². The van der Waals surface area contributed by atoms with Gasteiger partial charge in [0.1, 0.15) is 0 Å². The number of amides is 3. The van der Waals surface area contributed by atoms with Crippen molar-refractivity contribution in [2.24, 2.45) is 0 Å². The third kappa shape index (κ3) is 6.53. The van der Waals surface area contributed by atoms with E-state index in [-0.39, 0.29) is 11.8 Å². The fraction of sp³-hybridized carbons (Fsp3) is 0.412. The van der Waals surface area contributed by atoms with Crippen molar-refractivity contribution in [1.29, 1.82) is 0 Å². The molecule has 0 aliphatic carbocycles. The van der Waals surface area contributed by atoms with Gasteiger partial charge in [0.2, 0.25) is 5.91 Å². The number of rotatable bonds is 8. The van der Waals surface area contributed by atoms with E-state index in [1.165, 1.54) is 11.8 Å². The van der Waals surface area contributed by atoms with Crippen LogP contribution in [0.1, 0.15) is 13.8 Å². The van der Waals surface area contributed by atoms with Gasteiger partial charge in [-0.05, 0) is 38.1 Å². The number of methoxy groups -OCH3 is 1. The number of urea groups is 1. The number of carbonyl (C=O) groups is 2. The molecular formula is C17H22ClN5O3S. The molecule has 3 amide bonds. The minimum absolute atomic E-state index is 0.0389. The number of thioether (sulfide) groups is 1. The molecule has 0 saturated heterocycles. The maximum absolute atomic E-state index is 12.0. The number of hydrogen-bond donors (Lipinski definition) is 2. The predicted octanol–water partition coefficient (Wildman–Crippen LogP) is 2.57. The Kier molecular flexibility index (Phi) is 8.08. The number of aromatic nitrogens is 3. The fourth-order valence-corrected chi connectivity index (χ4v) is 3.07. The van der Waals surface area contributed by atoms with E-state index in [9.17, 15) is 9.59 Å². The maximum Gasteiger partial charge on any atom is 0.321 e. The molecule has 0 unspecified atom stereocenters. The second-order valence-electron chi connectivity index (χ2n) is 5.92. The molecule has 0 aliphatic heterocycles. The lowest BCUT2D eigenvalue weighted by Crippen LogP contribution is -2.43. The molecule has 1 aromatic heterocycles. The summed E-state index contributed by atoms with van der Waals surface area (Å²) in [5.74, 6) is 0.286. The first kappa shape index (κ1) is 21.2. The molecule has 2 aromatic rings. The molecule has 0 fully saturated rings. The highest BCUT2D eigenvalue weighted by atomic mass is 35.5. The summed E-state index contributed by atoms with van der Waals surface area (Å²) in [4.78, 5) is 23.5. The lowest BCUT2D eigenvalue weighted by Gasteiger charge is -2.10. The van der Waals surface area contributed by atoms with Crippen LogP contribution in [0, 0.1) is 0 Å². The van der Waals surface area contributed by atoms with Crippen molar-refractivity contribution in [3.05, 3.63) is 29.3 Å². The van der Waals surface area contributed by atoms with E-state index in [2.05, 4.69) is 20.8 Å². The molecule has 2 rings (SSSR count). The van der Waals surface area contributed by atoms with Crippen molar-refractivity contribution in [1.82, 2.24) is 25.4 Å². The highest BCUT2D eigenvalue weighted by Gasteiger charge is 2.16. The van der Waals surface area contributed by atoms with Crippen molar-refractivity contribution < 1.29 is 14.3 Å². The largest absolute Gasteiger partial charge is 0.383 e. The number of halogens is 1. The Hall–Kier alpha value is -2.10. The number of nitrogens with zero attached hydrogens (tertiary/aromatic N) is 3. The van der Waals surface area contributed by atoms with Gasteiger partial charge >= 0.3 is 6.03 Å². The highest BCUT2D eigenvalue weighted by Crippen LogP contribution is 2.25. The number of ether oxygens (including phenoxy) is 1. The number of carbonyl (C=O) groups excluding carboxylic acids is 2. The smallest absolute Gasteiger partial charge is 0.321 e. The molecular weight excluding hydrogens is 390 g/mol. The molecule has 8 nitrogen and oxygen atoms in total. The first-order valence-electron chi connectivity index (χ1n) is 8.32. The Labute approximate surface area is 167 Å². The van der Waals surface area contributed by atoms with Gasteiger partial charge < -0.3 is 10.1 Å². The minimum Gasteiger partial charge on any atom is -0.383 e. The van der Waals surface area contributed by atoms with Gasteiger partial charge in [0, 0.05) is 23.7 Å². The quantitative estimate of drug-likeness (QED) is 0.648. The molecule has 0 spiro atoms. The second-order valence-corrected chi connectivity index (χ2v) is 7.30. The number of hydrogen-bond acceptors (Lipinski definition) is 6. The molecule has 1 heterocycles. The summed E-state index contributed by atoms with van der Waals surface area (Å²) in [6.45, 7) is 4.62. The van der Waals surface area contributed by atoms with Crippen LogP contribution in [-0.4, -0.2) is 52.2 Å². The summed E-state index contributed by atoms with van der Waals surface area (Å²) < 4.78 is 7.03. The van der Waals surface area contributed by atoms with Crippen molar-refractivity contribution in [2.45, 2.75) is 31.6 Å². The molecule has 1 aromatic carbocycles. The monoisotopic (exact) mass is 411 g/mol. The average molecular weight is 412 g/mol. The van der Waals surface area contributed by atoms with E-state index in [1.54, 1.807) is 19.2 Å². The molecule has 0 bridgehead atoms. The first-order chi connectivity index (χ1) is 12.9. The number of imide groups is 1. The van der Waals surface area contributed by atoms with Crippen LogP contribution < -0.4 is 10.6 Å². The maximum atomic E-state index is 12.0. The Bertz CT molecular complexity index is 779. The van der Waals surface area contributed by atoms with Crippen molar-refractivity contribution in [3.63, 3.8) is 0 Å². The van der Waals surface area contributed by atoms with E-state index in [0.717, 1.165) is 5.56 Å². The molecule has 0 atom stereocenters. The van der Waals surface area contributed by atoms with Gasteiger partial charge in [0.15, 0.2) is 11.0 Å². The minimum atomic E-state index is -0.515. The molecule has 10 heteroatoms. The molecule has 146 valence electrons. The highest BCUT2D eigenvalue weighted by molar-refractivity contribution is 7.99. The zero-order chi connectivity index (χ0) is 19.8. The van der Waals surface area contributed by atoms with Crippen molar-refractivity contribution in [3.8, 4) is 11.4 Å². The predicted molar refractivity (Wildman–Crippen MR) is 105 cm³/mol. The van der Waals surface area contributed by atoms with Crippen molar-refractivity contribution in [2.75, 3.05) is 19.5 Å². The molecule has 27 heavy (non-hydrogen) atoms. The van der Waals surface area contributed by atoms with E-state index in [4.69, 9.17) is 16.3 Å².